The highest BCUT2D eigenvalue weighted by Crippen LogP contribution is 2.29. The molecule has 4 rings (SSSR count). The summed E-state index contributed by atoms with van der Waals surface area (Å²) < 4.78 is 2.05. The van der Waals surface area contributed by atoms with Crippen molar-refractivity contribution in [2.45, 2.75) is 37.4 Å². The van der Waals surface area contributed by atoms with Gasteiger partial charge in [-0.3, -0.25) is 9.36 Å². The molecule has 0 atom stereocenters. The zero-order valence-electron chi connectivity index (χ0n) is 23.0. The SMILES string of the molecule is CN(C)CCN(Cc1ccccc1)C(=O)CCCCSc1nnc(Cc2ccccc2)n1-c1ccc(Cl)c(Cl)c1. The predicted molar refractivity (Wildman–Crippen MR) is 166 cm³/mol. The van der Waals surface area contributed by atoms with E-state index >= 15 is 0 Å². The Morgan fingerprint density at radius 1 is 0.850 bits per heavy atom. The Bertz CT molecular complexity index is 1360. The highest BCUT2D eigenvalue weighted by Gasteiger charge is 2.17. The standard InChI is InChI=1S/C31H35Cl2N5OS/c1-36(2)18-19-37(23-25-13-7-4-8-14-25)30(39)15-9-10-20-40-31-35-34-29(21-24-11-5-3-6-12-24)38(31)26-16-17-27(32)28(33)22-26/h3-8,11-14,16-17,22H,9-10,15,18-21,23H2,1-2H3. The number of hydrogen-bond acceptors (Lipinski definition) is 5. The Kier molecular flexibility index (Phi) is 11.5. The van der Waals surface area contributed by atoms with Crippen molar-refractivity contribution >= 4 is 40.9 Å². The quantitative estimate of drug-likeness (QED) is 0.116. The van der Waals surface area contributed by atoms with Gasteiger partial charge < -0.3 is 9.80 Å². The highest BCUT2D eigenvalue weighted by atomic mass is 35.5. The van der Waals surface area contributed by atoms with Crippen molar-refractivity contribution in [3.8, 4) is 5.69 Å². The fourth-order valence-corrected chi connectivity index (χ4v) is 5.55. The zero-order valence-corrected chi connectivity index (χ0v) is 25.3. The number of unbranched alkanes of at least 4 members (excludes halogenated alkanes) is 1. The molecule has 0 aliphatic heterocycles. The molecule has 9 heteroatoms. The summed E-state index contributed by atoms with van der Waals surface area (Å²) in [6, 6.07) is 26.0. The summed E-state index contributed by atoms with van der Waals surface area (Å²) in [6.07, 6.45) is 2.88. The summed E-state index contributed by atoms with van der Waals surface area (Å²) in [4.78, 5) is 17.2. The van der Waals surface area contributed by atoms with E-state index in [1.54, 1.807) is 17.8 Å². The molecule has 210 valence electrons. The van der Waals surface area contributed by atoms with Gasteiger partial charge in [-0.15, -0.1) is 10.2 Å². The number of thioether (sulfide) groups is 1. The van der Waals surface area contributed by atoms with Crippen LogP contribution in [-0.4, -0.2) is 63.4 Å². The van der Waals surface area contributed by atoms with Crippen LogP contribution in [0.2, 0.25) is 10.0 Å². The van der Waals surface area contributed by atoms with E-state index in [4.69, 9.17) is 23.2 Å². The van der Waals surface area contributed by atoms with Gasteiger partial charge in [0.05, 0.1) is 15.7 Å². The van der Waals surface area contributed by atoms with Crippen LogP contribution in [0.25, 0.3) is 5.69 Å². The Labute approximate surface area is 251 Å². The fraction of sp³-hybridized carbons (Fsp3) is 0.323. The molecule has 4 aromatic rings. The largest absolute Gasteiger partial charge is 0.337 e. The van der Waals surface area contributed by atoms with Gasteiger partial charge >= 0.3 is 0 Å². The van der Waals surface area contributed by atoms with E-state index in [-0.39, 0.29) is 5.91 Å². The molecule has 0 aliphatic carbocycles. The van der Waals surface area contributed by atoms with E-state index in [1.165, 1.54) is 0 Å². The van der Waals surface area contributed by atoms with Crippen molar-refractivity contribution in [3.63, 3.8) is 0 Å². The zero-order chi connectivity index (χ0) is 28.3. The molecule has 0 bridgehead atoms. The Hall–Kier alpha value is -2.84. The first-order valence-corrected chi connectivity index (χ1v) is 15.2. The van der Waals surface area contributed by atoms with Gasteiger partial charge in [-0.25, -0.2) is 0 Å². The number of benzene rings is 3. The maximum absolute atomic E-state index is 13.1. The van der Waals surface area contributed by atoms with Gasteiger partial charge in [0, 0.05) is 38.2 Å². The first kappa shape index (κ1) is 30.1. The highest BCUT2D eigenvalue weighted by molar-refractivity contribution is 7.99. The third-order valence-corrected chi connectivity index (χ3v) is 8.22. The number of carbonyl (C=O) groups excluding carboxylic acids is 1. The minimum atomic E-state index is 0.194. The van der Waals surface area contributed by atoms with Crippen LogP contribution in [0.3, 0.4) is 0 Å². The van der Waals surface area contributed by atoms with Crippen LogP contribution in [0.4, 0.5) is 0 Å². The Morgan fingerprint density at radius 2 is 1.55 bits per heavy atom. The molecule has 40 heavy (non-hydrogen) atoms. The molecule has 1 heterocycles. The van der Waals surface area contributed by atoms with Crippen LogP contribution in [-0.2, 0) is 17.8 Å². The van der Waals surface area contributed by atoms with Crippen molar-refractivity contribution in [1.82, 2.24) is 24.6 Å². The lowest BCUT2D eigenvalue weighted by atomic mass is 10.1. The number of likely N-dealkylation sites (N-methyl/N-ethyl adjacent to an activating group) is 1. The first-order valence-electron chi connectivity index (χ1n) is 13.4. The summed E-state index contributed by atoms with van der Waals surface area (Å²) in [5, 5.41) is 10.8. The van der Waals surface area contributed by atoms with Gasteiger partial charge in [-0.2, -0.15) is 0 Å². The van der Waals surface area contributed by atoms with Gasteiger partial charge in [0.1, 0.15) is 5.82 Å². The molecule has 3 aromatic carbocycles. The second-order valence-electron chi connectivity index (χ2n) is 9.90. The first-order chi connectivity index (χ1) is 19.4. The molecule has 0 radical (unpaired) electrons. The predicted octanol–water partition coefficient (Wildman–Crippen LogP) is 7.02. The van der Waals surface area contributed by atoms with Gasteiger partial charge in [0.2, 0.25) is 5.91 Å². The maximum atomic E-state index is 13.1. The molecule has 0 N–H and O–H groups in total. The van der Waals surface area contributed by atoms with Gasteiger partial charge in [-0.05, 0) is 56.3 Å². The third-order valence-electron chi connectivity index (χ3n) is 6.47. The van der Waals surface area contributed by atoms with Gasteiger partial charge in [0.25, 0.3) is 0 Å². The van der Waals surface area contributed by atoms with E-state index in [0.717, 1.165) is 52.9 Å². The van der Waals surface area contributed by atoms with Crippen LogP contribution < -0.4 is 0 Å². The van der Waals surface area contributed by atoms with E-state index in [2.05, 4.69) is 39.4 Å². The summed E-state index contributed by atoms with van der Waals surface area (Å²) in [6.45, 7) is 2.19. The third kappa shape index (κ3) is 8.83. The van der Waals surface area contributed by atoms with E-state index in [1.807, 2.05) is 72.1 Å². The van der Waals surface area contributed by atoms with Gasteiger partial charge in [-0.1, -0.05) is 95.6 Å². The van der Waals surface area contributed by atoms with E-state index < -0.39 is 0 Å². The number of carbonyl (C=O) groups is 1. The molecule has 0 saturated carbocycles. The topological polar surface area (TPSA) is 54.3 Å². The number of hydrogen-bond donors (Lipinski definition) is 0. The fourth-order valence-electron chi connectivity index (χ4n) is 4.29. The normalized spacial score (nSPS) is 11.2. The number of rotatable bonds is 14. The molecule has 1 amide bonds. The second kappa shape index (κ2) is 15.2. The van der Waals surface area contributed by atoms with Crippen LogP contribution in [0.5, 0.6) is 0 Å². The molecule has 0 aliphatic rings. The molecule has 0 fully saturated rings. The molecular formula is C31H35Cl2N5OS. The molecule has 6 nitrogen and oxygen atoms in total. The Balaban J connectivity index is 1.37. The van der Waals surface area contributed by atoms with Crippen molar-refractivity contribution in [2.24, 2.45) is 0 Å². The second-order valence-corrected chi connectivity index (χ2v) is 11.8. The molecular weight excluding hydrogens is 561 g/mol. The lowest BCUT2D eigenvalue weighted by molar-refractivity contribution is -0.132. The monoisotopic (exact) mass is 595 g/mol. The van der Waals surface area contributed by atoms with Crippen LogP contribution >= 0.6 is 35.0 Å². The average Bonchev–Trinajstić information content (AvgIpc) is 3.35. The summed E-state index contributed by atoms with van der Waals surface area (Å²) in [5.74, 6) is 1.86. The summed E-state index contributed by atoms with van der Waals surface area (Å²) >= 11 is 14.2. The number of amides is 1. The van der Waals surface area contributed by atoms with Crippen molar-refractivity contribution in [1.29, 1.82) is 0 Å². The molecule has 0 unspecified atom stereocenters. The molecule has 0 saturated heterocycles. The van der Waals surface area contributed by atoms with Crippen LogP contribution in [0, 0.1) is 0 Å². The lowest BCUT2D eigenvalue weighted by Gasteiger charge is -2.24. The molecule has 0 spiro atoms. The van der Waals surface area contributed by atoms with Crippen LogP contribution in [0.1, 0.15) is 36.2 Å². The summed E-state index contributed by atoms with van der Waals surface area (Å²) in [7, 11) is 4.06. The summed E-state index contributed by atoms with van der Waals surface area (Å²) in [5.41, 5.74) is 3.18. The molecule has 1 aromatic heterocycles. The minimum Gasteiger partial charge on any atom is -0.337 e. The van der Waals surface area contributed by atoms with Gasteiger partial charge in [0.15, 0.2) is 5.16 Å². The van der Waals surface area contributed by atoms with Crippen molar-refractivity contribution < 1.29 is 4.79 Å². The Morgan fingerprint density at radius 3 is 2.23 bits per heavy atom. The van der Waals surface area contributed by atoms with Crippen molar-refractivity contribution in [2.75, 3.05) is 32.9 Å². The minimum absolute atomic E-state index is 0.194. The van der Waals surface area contributed by atoms with Crippen molar-refractivity contribution in [3.05, 3.63) is 106 Å². The van der Waals surface area contributed by atoms with E-state index in [0.29, 0.717) is 36.0 Å². The maximum Gasteiger partial charge on any atom is 0.222 e. The number of aromatic nitrogens is 3. The van der Waals surface area contributed by atoms with E-state index in [9.17, 15) is 4.79 Å². The van der Waals surface area contributed by atoms with Crippen LogP contribution in [0.15, 0.2) is 84.0 Å². The average molecular weight is 597 g/mol. The smallest absolute Gasteiger partial charge is 0.222 e. The lowest BCUT2D eigenvalue weighted by Crippen LogP contribution is -2.36. The number of nitrogens with zero attached hydrogens (tertiary/aromatic N) is 5. The number of halogens is 2.